The predicted octanol–water partition coefficient (Wildman–Crippen LogP) is 1.47. The van der Waals surface area contributed by atoms with Gasteiger partial charge in [0.1, 0.15) is 5.69 Å². The summed E-state index contributed by atoms with van der Waals surface area (Å²) in [4.78, 5) is 30.8. The van der Waals surface area contributed by atoms with Crippen LogP contribution in [-0.2, 0) is 6.54 Å². The summed E-state index contributed by atoms with van der Waals surface area (Å²) in [6, 6.07) is 12.9. The van der Waals surface area contributed by atoms with Gasteiger partial charge >= 0.3 is 0 Å². The van der Waals surface area contributed by atoms with Crippen molar-refractivity contribution in [2.45, 2.75) is 13.5 Å². The van der Waals surface area contributed by atoms with Gasteiger partial charge in [0.2, 0.25) is 5.69 Å². The summed E-state index contributed by atoms with van der Waals surface area (Å²) in [5, 5.41) is 10.3. The largest absolute Gasteiger partial charge is 0.346 e. The highest BCUT2D eigenvalue weighted by Gasteiger charge is 2.14. The van der Waals surface area contributed by atoms with Crippen molar-refractivity contribution >= 4 is 5.91 Å². The van der Waals surface area contributed by atoms with Crippen LogP contribution in [0.4, 0.5) is 0 Å². The maximum Gasteiger partial charge on any atom is 0.283 e. The van der Waals surface area contributed by atoms with Gasteiger partial charge in [-0.3, -0.25) is 14.6 Å². The van der Waals surface area contributed by atoms with Gasteiger partial charge in [-0.05, 0) is 24.6 Å². The van der Waals surface area contributed by atoms with E-state index < -0.39 is 11.5 Å². The summed E-state index contributed by atoms with van der Waals surface area (Å²) in [6.45, 7) is 2.29. The van der Waals surface area contributed by atoms with Crippen molar-refractivity contribution in [2.75, 3.05) is 0 Å². The molecule has 0 spiro atoms. The average Bonchev–Trinajstić information content (AvgIpc) is 2.61. The molecule has 0 atom stereocenters. The van der Waals surface area contributed by atoms with Crippen LogP contribution in [0.15, 0.2) is 53.5 Å². The highest BCUT2D eigenvalue weighted by atomic mass is 16.2. The monoisotopic (exact) mass is 321 g/mol. The molecule has 120 valence electrons. The quantitative estimate of drug-likeness (QED) is 0.758. The van der Waals surface area contributed by atoms with E-state index in [0.717, 1.165) is 11.1 Å². The molecule has 0 saturated carbocycles. The molecule has 3 rings (SSSR count). The minimum atomic E-state index is -0.605. The van der Waals surface area contributed by atoms with Gasteiger partial charge in [-0.15, -0.1) is 10.2 Å². The Morgan fingerprint density at radius 2 is 1.92 bits per heavy atom. The topological polar surface area (TPSA) is 101 Å². The van der Waals surface area contributed by atoms with Gasteiger partial charge in [0.15, 0.2) is 5.82 Å². The number of aryl methyl sites for hydroxylation is 1. The first-order valence-electron chi connectivity index (χ1n) is 7.35. The molecule has 2 heterocycles. The summed E-state index contributed by atoms with van der Waals surface area (Å²) >= 11 is 0. The molecular formula is C17H15N5O2. The van der Waals surface area contributed by atoms with Crippen LogP contribution in [0.5, 0.6) is 0 Å². The van der Waals surface area contributed by atoms with Crippen molar-refractivity contribution in [1.82, 2.24) is 25.5 Å². The Morgan fingerprint density at radius 3 is 2.58 bits per heavy atom. The summed E-state index contributed by atoms with van der Waals surface area (Å²) in [5.41, 5.74) is 1.67. The molecule has 0 radical (unpaired) electrons. The lowest BCUT2D eigenvalue weighted by Gasteiger charge is -2.05. The Balaban J connectivity index is 1.73. The zero-order chi connectivity index (χ0) is 16.9. The van der Waals surface area contributed by atoms with Crippen molar-refractivity contribution < 1.29 is 4.79 Å². The standard InChI is InChI=1S/C17H15N5O2/c1-11-5-7-12(8-6-11)10-19-16(23)14-17(24)20-15(22-21-14)13-4-2-3-9-18-13/h2-9H,10H2,1H3,(H,19,23)(H,20,22,24). The molecule has 0 fully saturated rings. The number of benzene rings is 1. The van der Waals surface area contributed by atoms with E-state index in [9.17, 15) is 9.59 Å². The second kappa shape index (κ2) is 6.82. The molecule has 1 aromatic carbocycles. The van der Waals surface area contributed by atoms with Crippen LogP contribution in [0.25, 0.3) is 11.5 Å². The number of rotatable bonds is 4. The fourth-order valence-electron chi connectivity index (χ4n) is 2.08. The predicted molar refractivity (Wildman–Crippen MR) is 88.2 cm³/mol. The van der Waals surface area contributed by atoms with Gasteiger partial charge in [-0.2, -0.15) is 0 Å². The normalized spacial score (nSPS) is 10.4. The minimum absolute atomic E-state index is 0.218. The van der Waals surface area contributed by atoms with E-state index in [1.165, 1.54) is 0 Å². The van der Waals surface area contributed by atoms with Gasteiger partial charge in [-0.25, -0.2) is 0 Å². The Hall–Kier alpha value is -3.35. The van der Waals surface area contributed by atoms with Crippen molar-refractivity contribution in [3.8, 4) is 11.5 Å². The summed E-state index contributed by atoms with van der Waals surface area (Å²) in [5.74, 6) is -0.354. The number of hydrogen-bond acceptors (Lipinski definition) is 5. The highest BCUT2D eigenvalue weighted by molar-refractivity contribution is 5.91. The Kier molecular flexibility index (Phi) is 4.42. The van der Waals surface area contributed by atoms with E-state index in [1.807, 2.05) is 31.2 Å². The van der Waals surface area contributed by atoms with Gasteiger partial charge in [0.05, 0.1) is 0 Å². The van der Waals surface area contributed by atoms with Crippen LogP contribution in [0.2, 0.25) is 0 Å². The first-order valence-corrected chi connectivity index (χ1v) is 7.35. The van der Waals surface area contributed by atoms with Crippen molar-refractivity contribution in [3.05, 3.63) is 75.8 Å². The third-order valence-electron chi connectivity index (χ3n) is 3.39. The van der Waals surface area contributed by atoms with Crippen LogP contribution in [0, 0.1) is 6.92 Å². The second-order valence-electron chi connectivity index (χ2n) is 5.23. The Labute approximate surface area is 137 Å². The molecule has 2 aromatic heterocycles. The number of amides is 1. The summed E-state index contributed by atoms with van der Waals surface area (Å²) in [7, 11) is 0. The number of carbonyl (C=O) groups excluding carboxylic acids is 1. The third kappa shape index (κ3) is 3.52. The summed E-state index contributed by atoms with van der Waals surface area (Å²) < 4.78 is 0. The number of pyridine rings is 1. The Bertz CT molecular complexity index is 904. The van der Waals surface area contributed by atoms with Crippen LogP contribution in [0.1, 0.15) is 21.6 Å². The molecule has 0 unspecified atom stereocenters. The fourth-order valence-corrected chi connectivity index (χ4v) is 2.08. The molecule has 2 N–H and O–H groups in total. The Morgan fingerprint density at radius 1 is 1.12 bits per heavy atom. The van der Waals surface area contributed by atoms with Crippen molar-refractivity contribution in [3.63, 3.8) is 0 Å². The average molecular weight is 321 g/mol. The van der Waals surface area contributed by atoms with Gasteiger partial charge < -0.3 is 10.3 Å². The van der Waals surface area contributed by atoms with Gasteiger partial charge in [0.25, 0.3) is 11.5 Å². The molecule has 24 heavy (non-hydrogen) atoms. The zero-order valence-electron chi connectivity index (χ0n) is 13.0. The molecule has 0 saturated heterocycles. The summed E-state index contributed by atoms with van der Waals surface area (Å²) in [6.07, 6.45) is 1.58. The maximum absolute atomic E-state index is 12.1. The van der Waals surface area contributed by atoms with E-state index in [-0.39, 0.29) is 11.5 Å². The van der Waals surface area contributed by atoms with E-state index in [2.05, 4.69) is 25.5 Å². The number of nitrogens with one attached hydrogen (secondary N) is 2. The first kappa shape index (κ1) is 15.5. The van der Waals surface area contributed by atoms with Gasteiger partial charge in [0, 0.05) is 12.7 Å². The van der Waals surface area contributed by atoms with E-state index in [1.54, 1.807) is 24.4 Å². The number of hydrogen-bond donors (Lipinski definition) is 2. The molecule has 0 bridgehead atoms. The van der Waals surface area contributed by atoms with Crippen molar-refractivity contribution in [2.24, 2.45) is 0 Å². The molecule has 0 aliphatic rings. The second-order valence-corrected chi connectivity index (χ2v) is 5.23. The van der Waals surface area contributed by atoms with Gasteiger partial charge in [-0.1, -0.05) is 35.9 Å². The van der Waals surface area contributed by atoms with Crippen molar-refractivity contribution in [1.29, 1.82) is 0 Å². The molecule has 7 nitrogen and oxygen atoms in total. The number of aromatic amines is 1. The van der Waals surface area contributed by atoms with E-state index in [0.29, 0.717) is 12.2 Å². The molecule has 0 aliphatic carbocycles. The SMILES string of the molecule is Cc1ccc(CNC(=O)c2nnc(-c3ccccn3)[nH]c2=O)cc1. The molecule has 0 aliphatic heterocycles. The molecule has 3 aromatic rings. The lowest BCUT2D eigenvalue weighted by molar-refractivity contribution is 0.0943. The number of nitrogens with zero attached hydrogens (tertiary/aromatic N) is 3. The van der Waals surface area contributed by atoms with E-state index >= 15 is 0 Å². The molecule has 1 amide bonds. The van der Waals surface area contributed by atoms with Crippen LogP contribution in [-0.4, -0.2) is 26.1 Å². The lowest BCUT2D eigenvalue weighted by atomic mass is 10.1. The highest BCUT2D eigenvalue weighted by Crippen LogP contribution is 2.07. The zero-order valence-corrected chi connectivity index (χ0v) is 13.0. The van der Waals surface area contributed by atoms with E-state index in [4.69, 9.17) is 0 Å². The number of H-pyrrole nitrogens is 1. The smallest absolute Gasteiger partial charge is 0.283 e. The number of aromatic nitrogens is 4. The molecule has 7 heteroatoms. The third-order valence-corrected chi connectivity index (χ3v) is 3.39. The van der Waals surface area contributed by atoms with Crippen LogP contribution in [0.3, 0.4) is 0 Å². The van der Waals surface area contributed by atoms with Crippen LogP contribution < -0.4 is 10.9 Å². The molecular weight excluding hydrogens is 306 g/mol. The number of carbonyl (C=O) groups is 1. The minimum Gasteiger partial charge on any atom is -0.346 e. The fraction of sp³-hybridized carbons (Fsp3) is 0.118. The lowest BCUT2D eigenvalue weighted by Crippen LogP contribution is -2.31. The maximum atomic E-state index is 12.1. The first-order chi connectivity index (χ1) is 11.6. The van der Waals surface area contributed by atoms with Crippen LogP contribution >= 0.6 is 0 Å².